The van der Waals surface area contributed by atoms with Gasteiger partial charge in [0.05, 0.1) is 0 Å². The van der Waals surface area contributed by atoms with Crippen LogP contribution in [0.5, 0.6) is 0 Å². The maximum Gasteiger partial charge on any atom is 0.318 e. The molecule has 1 aliphatic rings. The van der Waals surface area contributed by atoms with E-state index in [1.54, 1.807) is 4.90 Å². The molecule has 1 rings (SSSR count). The van der Waals surface area contributed by atoms with Crippen molar-refractivity contribution < 1.29 is 14.7 Å². The number of carboxylic acids is 1. The van der Waals surface area contributed by atoms with Crippen LogP contribution in [0, 0.1) is 5.41 Å². The molecule has 15 heavy (non-hydrogen) atoms. The molecule has 0 aliphatic carbocycles. The zero-order valence-electron chi connectivity index (χ0n) is 9.19. The summed E-state index contributed by atoms with van der Waals surface area (Å²) in [6.07, 6.45) is 1.75. The lowest BCUT2D eigenvalue weighted by atomic mass is 9.90. The van der Waals surface area contributed by atoms with E-state index < -0.39 is 11.4 Å². The van der Waals surface area contributed by atoms with Crippen molar-refractivity contribution in [3.05, 3.63) is 0 Å². The molecular formula is C10H18N2O3. The molecule has 0 aromatic heterocycles. The first-order valence-corrected chi connectivity index (χ1v) is 5.14. The molecule has 1 amide bonds. The van der Waals surface area contributed by atoms with Gasteiger partial charge in [-0.05, 0) is 26.7 Å². The molecule has 0 spiro atoms. The molecule has 0 saturated carbocycles. The van der Waals surface area contributed by atoms with Crippen LogP contribution in [0.25, 0.3) is 0 Å². The molecule has 1 heterocycles. The molecule has 5 nitrogen and oxygen atoms in total. The van der Waals surface area contributed by atoms with Crippen LogP contribution in [-0.2, 0) is 9.59 Å². The van der Waals surface area contributed by atoms with Crippen molar-refractivity contribution in [2.75, 3.05) is 13.1 Å². The van der Waals surface area contributed by atoms with E-state index in [2.05, 4.69) is 0 Å². The topological polar surface area (TPSA) is 83.6 Å². The van der Waals surface area contributed by atoms with E-state index in [-0.39, 0.29) is 11.9 Å². The molecule has 0 radical (unpaired) electrons. The fraction of sp³-hybridized carbons (Fsp3) is 0.800. The Balaban J connectivity index is 2.71. The summed E-state index contributed by atoms with van der Waals surface area (Å²) in [5.41, 5.74) is 4.39. The Bertz CT molecular complexity index is 276. The highest BCUT2D eigenvalue weighted by molar-refractivity contribution is 6.01. The molecule has 86 valence electrons. The number of nitrogens with zero attached hydrogens (tertiary/aromatic N) is 1. The van der Waals surface area contributed by atoms with Crippen LogP contribution in [0.1, 0.15) is 26.7 Å². The Labute approximate surface area is 89.2 Å². The van der Waals surface area contributed by atoms with E-state index in [1.165, 1.54) is 13.8 Å². The van der Waals surface area contributed by atoms with Crippen molar-refractivity contribution in [2.45, 2.75) is 32.7 Å². The monoisotopic (exact) mass is 214 g/mol. The van der Waals surface area contributed by atoms with Gasteiger partial charge < -0.3 is 15.7 Å². The lowest BCUT2D eigenvalue weighted by Gasteiger charge is -2.34. The number of likely N-dealkylation sites (tertiary alicyclic amines) is 1. The van der Waals surface area contributed by atoms with Gasteiger partial charge in [0.1, 0.15) is 5.41 Å². The minimum Gasteiger partial charge on any atom is -0.480 e. The average Bonchev–Trinajstić information content (AvgIpc) is 2.16. The highest BCUT2D eigenvalue weighted by Crippen LogP contribution is 2.21. The van der Waals surface area contributed by atoms with Crippen molar-refractivity contribution in [1.82, 2.24) is 4.90 Å². The molecule has 1 unspecified atom stereocenters. The number of rotatable bonds is 2. The zero-order valence-corrected chi connectivity index (χ0v) is 9.19. The van der Waals surface area contributed by atoms with Crippen molar-refractivity contribution in [1.29, 1.82) is 0 Å². The second-order valence-electron chi connectivity index (χ2n) is 4.58. The van der Waals surface area contributed by atoms with Gasteiger partial charge in [0.25, 0.3) is 0 Å². The van der Waals surface area contributed by atoms with Crippen LogP contribution in [0.15, 0.2) is 0 Å². The summed E-state index contributed by atoms with van der Waals surface area (Å²) in [5.74, 6) is -1.43. The number of carbonyl (C=O) groups excluding carboxylic acids is 1. The number of carboxylic acid groups (broad SMARTS) is 1. The van der Waals surface area contributed by atoms with Crippen molar-refractivity contribution in [3.63, 3.8) is 0 Å². The molecule has 1 atom stereocenters. The number of hydrogen-bond donors (Lipinski definition) is 2. The zero-order chi connectivity index (χ0) is 11.6. The third-order valence-corrected chi connectivity index (χ3v) is 2.81. The Morgan fingerprint density at radius 2 is 2.07 bits per heavy atom. The summed E-state index contributed by atoms with van der Waals surface area (Å²) < 4.78 is 0. The van der Waals surface area contributed by atoms with Gasteiger partial charge in [-0.3, -0.25) is 9.59 Å². The van der Waals surface area contributed by atoms with Gasteiger partial charge in [-0.25, -0.2) is 0 Å². The van der Waals surface area contributed by atoms with Crippen LogP contribution in [0.3, 0.4) is 0 Å². The first-order chi connectivity index (χ1) is 6.85. The Morgan fingerprint density at radius 1 is 1.47 bits per heavy atom. The Morgan fingerprint density at radius 3 is 2.53 bits per heavy atom. The molecule has 1 fully saturated rings. The summed E-state index contributed by atoms with van der Waals surface area (Å²) in [6.45, 7) is 3.94. The molecule has 0 bridgehead atoms. The van der Waals surface area contributed by atoms with Crippen molar-refractivity contribution >= 4 is 11.9 Å². The van der Waals surface area contributed by atoms with Crippen LogP contribution in [-0.4, -0.2) is 41.0 Å². The molecular weight excluding hydrogens is 196 g/mol. The standard InChI is InChI=1S/C10H18N2O3/c1-10(2,9(14)15)8(13)12-5-3-4-7(11)6-12/h7H,3-6,11H2,1-2H3,(H,14,15). The minimum absolute atomic E-state index is 0.0210. The molecule has 5 heteroatoms. The van der Waals surface area contributed by atoms with Gasteiger partial charge in [-0.1, -0.05) is 0 Å². The van der Waals surface area contributed by atoms with Gasteiger partial charge in [0, 0.05) is 19.1 Å². The van der Waals surface area contributed by atoms with E-state index in [0.717, 1.165) is 12.8 Å². The summed E-state index contributed by atoms with van der Waals surface area (Å²) in [6, 6.07) is -0.0210. The largest absolute Gasteiger partial charge is 0.480 e. The Hall–Kier alpha value is -1.10. The molecule has 1 aliphatic heterocycles. The maximum absolute atomic E-state index is 11.9. The fourth-order valence-corrected chi connectivity index (χ4v) is 1.68. The van der Waals surface area contributed by atoms with E-state index in [1.807, 2.05) is 0 Å². The van der Waals surface area contributed by atoms with Crippen molar-refractivity contribution in [3.8, 4) is 0 Å². The van der Waals surface area contributed by atoms with E-state index >= 15 is 0 Å². The number of aliphatic carboxylic acids is 1. The van der Waals surface area contributed by atoms with Gasteiger partial charge in [-0.15, -0.1) is 0 Å². The van der Waals surface area contributed by atoms with Gasteiger partial charge in [0.2, 0.25) is 5.91 Å². The van der Waals surface area contributed by atoms with E-state index in [4.69, 9.17) is 10.8 Å². The lowest BCUT2D eigenvalue weighted by Crippen LogP contribution is -2.51. The normalized spacial score (nSPS) is 22.6. The first-order valence-electron chi connectivity index (χ1n) is 5.14. The van der Waals surface area contributed by atoms with Crippen LogP contribution >= 0.6 is 0 Å². The highest BCUT2D eigenvalue weighted by atomic mass is 16.4. The Kier molecular flexibility index (Phi) is 3.34. The maximum atomic E-state index is 11.9. The van der Waals surface area contributed by atoms with Gasteiger partial charge in [-0.2, -0.15) is 0 Å². The third kappa shape index (κ3) is 2.47. The second kappa shape index (κ2) is 4.18. The number of piperidine rings is 1. The first kappa shape index (κ1) is 12.0. The van der Waals surface area contributed by atoms with Gasteiger partial charge >= 0.3 is 5.97 Å². The predicted molar refractivity (Wildman–Crippen MR) is 55.2 cm³/mol. The molecule has 0 aromatic rings. The molecule has 1 saturated heterocycles. The average molecular weight is 214 g/mol. The number of amides is 1. The van der Waals surface area contributed by atoms with Crippen molar-refractivity contribution in [2.24, 2.45) is 11.1 Å². The molecule has 0 aromatic carbocycles. The van der Waals surface area contributed by atoms with Gasteiger partial charge in [0.15, 0.2) is 0 Å². The fourth-order valence-electron chi connectivity index (χ4n) is 1.68. The smallest absolute Gasteiger partial charge is 0.318 e. The van der Waals surface area contributed by atoms with E-state index in [0.29, 0.717) is 13.1 Å². The lowest BCUT2D eigenvalue weighted by molar-refractivity contribution is -0.158. The summed E-state index contributed by atoms with van der Waals surface area (Å²) in [4.78, 5) is 24.4. The summed E-state index contributed by atoms with van der Waals surface area (Å²) in [7, 11) is 0. The quantitative estimate of drug-likeness (QED) is 0.636. The second-order valence-corrected chi connectivity index (χ2v) is 4.58. The van der Waals surface area contributed by atoms with Crippen LogP contribution in [0.4, 0.5) is 0 Å². The predicted octanol–water partition coefficient (Wildman–Crippen LogP) is 0.0469. The van der Waals surface area contributed by atoms with Crippen LogP contribution < -0.4 is 5.73 Å². The number of carbonyl (C=O) groups is 2. The highest BCUT2D eigenvalue weighted by Gasteiger charge is 2.40. The number of nitrogens with two attached hydrogens (primary N) is 1. The number of hydrogen-bond acceptors (Lipinski definition) is 3. The van der Waals surface area contributed by atoms with E-state index in [9.17, 15) is 9.59 Å². The SMILES string of the molecule is CC(C)(C(=O)O)C(=O)N1CCCC(N)C1. The minimum atomic E-state index is -1.35. The third-order valence-electron chi connectivity index (χ3n) is 2.81. The summed E-state index contributed by atoms with van der Waals surface area (Å²) >= 11 is 0. The summed E-state index contributed by atoms with van der Waals surface area (Å²) in [5, 5.41) is 8.93. The van der Waals surface area contributed by atoms with Crippen LogP contribution in [0.2, 0.25) is 0 Å². The molecule has 3 N–H and O–H groups in total.